The molecule has 2 rings (SSSR count). The van der Waals surface area contributed by atoms with Crippen molar-refractivity contribution < 1.29 is 14.3 Å². The Balaban J connectivity index is 2.14. The van der Waals surface area contributed by atoms with Crippen LogP contribution in [0.15, 0.2) is 48.5 Å². The van der Waals surface area contributed by atoms with Crippen LogP contribution in [0.25, 0.3) is 0 Å². The van der Waals surface area contributed by atoms with Crippen molar-refractivity contribution in [1.82, 2.24) is 10.2 Å². The van der Waals surface area contributed by atoms with Crippen molar-refractivity contribution in [3.63, 3.8) is 0 Å². The number of benzene rings is 2. The average molecular weight is 508 g/mol. The van der Waals surface area contributed by atoms with Gasteiger partial charge in [-0.2, -0.15) is 0 Å². The molecule has 0 aliphatic carbocycles. The van der Waals surface area contributed by atoms with Gasteiger partial charge in [-0.25, -0.2) is 0 Å². The second kappa shape index (κ2) is 11.2. The van der Waals surface area contributed by atoms with E-state index in [0.29, 0.717) is 12.3 Å². The summed E-state index contributed by atoms with van der Waals surface area (Å²) >= 11 is 2.22. The molecule has 2 atom stereocenters. The average Bonchev–Trinajstić information content (AvgIpc) is 2.70. The molecule has 0 radical (unpaired) electrons. The summed E-state index contributed by atoms with van der Waals surface area (Å²) in [4.78, 5) is 27.3. The molecule has 0 aliphatic rings. The molecule has 5 nitrogen and oxygen atoms in total. The van der Waals surface area contributed by atoms with Gasteiger partial charge < -0.3 is 15.0 Å². The Morgan fingerprint density at radius 3 is 2.45 bits per heavy atom. The lowest BCUT2D eigenvalue weighted by molar-refractivity contribution is -0.142. The van der Waals surface area contributed by atoms with E-state index in [4.69, 9.17) is 4.74 Å². The predicted molar refractivity (Wildman–Crippen MR) is 124 cm³/mol. The van der Waals surface area contributed by atoms with Crippen molar-refractivity contribution in [2.24, 2.45) is 0 Å². The Morgan fingerprint density at radius 1 is 1.14 bits per heavy atom. The van der Waals surface area contributed by atoms with Crippen molar-refractivity contribution in [3.8, 4) is 5.75 Å². The Bertz CT molecular complexity index is 823. The van der Waals surface area contributed by atoms with E-state index in [1.807, 2.05) is 69.3 Å². The molecule has 2 aromatic carbocycles. The second-order valence-electron chi connectivity index (χ2n) is 7.25. The van der Waals surface area contributed by atoms with E-state index in [1.54, 1.807) is 11.8 Å². The molecule has 0 saturated heterocycles. The minimum atomic E-state index is -0.600. The lowest BCUT2D eigenvalue weighted by atomic mass is 10.1. The van der Waals surface area contributed by atoms with Gasteiger partial charge in [0.05, 0.1) is 0 Å². The number of aryl methyl sites for hydroxylation is 1. The molecule has 0 saturated carbocycles. The zero-order chi connectivity index (χ0) is 21.4. The summed E-state index contributed by atoms with van der Waals surface area (Å²) in [6.07, 6.45) is 0.834. The highest BCUT2D eigenvalue weighted by Gasteiger charge is 2.27. The van der Waals surface area contributed by atoms with Crippen LogP contribution in [0.4, 0.5) is 0 Å². The maximum absolute atomic E-state index is 13.0. The van der Waals surface area contributed by atoms with E-state index < -0.39 is 6.04 Å². The number of nitrogens with zero attached hydrogens (tertiary/aromatic N) is 1. The van der Waals surface area contributed by atoms with Crippen LogP contribution < -0.4 is 10.1 Å². The third-order valence-electron chi connectivity index (χ3n) is 4.78. The summed E-state index contributed by atoms with van der Waals surface area (Å²) < 4.78 is 6.77. The SMILES string of the molecule is CC[C@@H](C)NC(=O)[C@H](C)N(Cc1cccc(C)c1)C(=O)COc1ccc(I)cc1. The van der Waals surface area contributed by atoms with Crippen LogP contribution in [-0.2, 0) is 16.1 Å². The number of hydrogen-bond acceptors (Lipinski definition) is 3. The highest BCUT2D eigenvalue weighted by Crippen LogP contribution is 2.15. The van der Waals surface area contributed by atoms with Crippen molar-refractivity contribution >= 4 is 34.4 Å². The number of amides is 2. The molecule has 2 amide bonds. The molecule has 2 aromatic rings. The quantitative estimate of drug-likeness (QED) is 0.514. The van der Waals surface area contributed by atoms with Crippen LogP contribution in [0.1, 0.15) is 38.3 Å². The molecule has 156 valence electrons. The summed E-state index contributed by atoms with van der Waals surface area (Å²) in [7, 11) is 0. The van der Waals surface area contributed by atoms with Crippen LogP contribution in [0.2, 0.25) is 0 Å². The Labute approximate surface area is 187 Å². The van der Waals surface area contributed by atoms with Crippen molar-refractivity contribution in [3.05, 3.63) is 63.2 Å². The molecule has 0 fully saturated rings. The largest absolute Gasteiger partial charge is 0.484 e. The summed E-state index contributed by atoms with van der Waals surface area (Å²) in [5.74, 6) is 0.248. The van der Waals surface area contributed by atoms with Gasteiger partial charge in [-0.15, -0.1) is 0 Å². The van der Waals surface area contributed by atoms with Gasteiger partial charge in [0, 0.05) is 16.2 Å². The van der Waals surface area contributed by atoms with Gasteiger partial charge in [0.25, 0.3) is 5.91 Å². The summed E-state index contributed by atoms with van der Waals surface area (Å²) in [6.45, 7) is 7.97. The number of carbonyl (C=O) groups excluding carboxylic acids is 2. The van der Waals surface area contributed by atoms with Crippen molar-refractivity contribution in [2.45, 2.75) is 52.7 Å². The van der Waals surface area contributed by atoms with Crippen LogP contribution >= 0.6 is 22.6 Å². The third kappa shape index (κ3) is 7.34. The minimum Gasteiger partial charge on any atom is -0.484 e. The second-order valence-corrected chi connectivity index (χ2v) is 8.49. The first kappa shape index (κ1) is 23.2. The number of carbonyl (C=O) groups is 2. The molecule has 6 heteroatoms. The molecule has 0 spiro atoms. The van der Waals surface area contributed by atoms with Gasteiger partial charge >= 0.3 is 0 Å². The molecule has 0 heterocycles. The first-order chi connectivity index (χ1) is 13.8. The van der Waals surface area contributed by atoms with E-state index in [1.165, 1.54) is 0 Å². The van der Waals surface area contributed by atoms with Crippen LogP contribution in [0.3, 0.4) is 0 Å². The standard InChI is InChI=1S/C23H29IN2O3/c1-5-17(3)25-23(28)18(4)26(14-19-8-6-7-16(2)13-19)22(27)15-29-21-11-9-20(24)10-12-21/h6-13,17-18H,5,14-15H2,1-4H3,(H,25,28)/t17-,18+/m1/s1. The summed E-state index contributed by atoms with van der Waals surface area (Å²) in [6, 6.07) is 14.9. The summed E-state index contributed by atoms with van der Waals surface area (Å²) in [5.41, 5.74) is 2.09. The Kier molecular flexibility index (Phi) is 8.95. The molecule has 0 aliphatic heterocycles. The fourth-order valence-corrected chi connectivity index (χ4v) is 3.17. The Morgan fingerprint density at radius 2 is 1.83 bits per heavy atom. The van der Waals surface area contributed by atoms with Crippen molar-refractivity contribution in [2.75, 3.05) is 6.61 Å². The molecule has 29 heavy (non-hydrogen) atoms. The van der Waals surface area contributed by atoms with Crippen LogP contribution in [-0.4, -0.2) is 35.4 Å². The molecule has 0 aromatic heterocycles. The molecule has 0 bridgehead atoms. The predicted octanol–water partition coefficient (Wildman–Crippen LogP) is 4.31. The van der Waals surface area contributed by atoms with Gasteiger partial charge in [-0.05, 0) is 79.6 Å². The van der Waals surface area contributed by atoms with E-state index in [2.05, 4.69) is 27.9 Å². The number of nitrogens with one attached hydrogen (secondary N) is 1. The van der Waals surface area contributed by atoms with E-state index in [0.717, 1.165) is 21.1 Å². The maximum atomic E-state index is 13.0. The van der Waals surface area contributed by atoms with Gasteiger partial charge in [0.2, 0.25) is 5.91 Å². The first-order valence-corrected chi connectivity index (χ1v) is 10.9. The Hall–Kier alpha value is -2.09. The van der Waals surface area contributed by atoms with E-state index in [9.17, 15) is 9.59 Å². The smallest absolute Gasteiger partial charge is 0.261 e. The number of hydrogen-bond donors (Lipinski definition) is 1. The fourth-order valence-electron chi connectivity index (χ4n) is 2.81. The highest BCUT2D eigenvalue weighted by atomic mass is 127. The topological polar surface area (TPSA) is 58.6 Å². The molecular formula is C23H29IN2O3. The van der Waals surface area contributed by atoms with Gasteiger partial charge in [0.15, 0.2) is 6.61 Å². The fraction of sp³-hybridized carbons (Fsp3) is 0.391. The van der Waals surface area contributed by atoms with E-state index in [-0.39, 0.29) is 24.5 Å². The number of halogens is 1. The molecular weight excluding hydrogens is 479 g/mol. The highest BCUT2D eigenvalue weighted by molar-refractivity contribution is 14.1. The van der Waals surface area contributed by atoms with E-state index >= 15 is 0 Å². The van der Waals surface area contributed by atoms with Crippen LogP contribution in [0.5, 0.6) is 5.75 Å². The summed E-state index contributed by atoms with van der Waals surface area (Å²) in [5, 5.41) is 2.97. The van der Waals surface area contributed by atoms with Gasteiger partial charge in [0.1, 0.15) is 11.8 Å². The monoisotopic (exact) mass is 508 g/mol. The number of ether oxygens (including phenoxy) is 1. The minimum absolute atomic E-state index is 0.0592. The zero-order valence-electron chi connectivity index (χ0n) is 17.4. The van der Waals surface area contributed by atoms with Crippen molar-refractivity contribution in [1.29, 1.82) is 0 Å². The molecule has 0 unspecified atom stereocenters. The zero-order valence-corrected chi connectivity index (χ0v) is 19.6. The first-order valence-electron chi connectivity index (χ1n) is 9.84. The lowest BCUT2D eigenvalue weighted by Gasteiger charge is -2.29. The van der Waals surface area contributed by atoms with Crippen LogP contribution in [0, 0.1) is 10.5 Å². The third-order valence-corrected chi connectivity index (χ3v) is 5.50. The van der Waals surface area contributed by atoms with Gasteiger partial charge in [-0.3, -0.25) is 9.59 Å². The lowest BCUT2D eigenvalue weighted by Crippen LogP contribution is -2.50. The normalized spacial score (nSPS) is 12.7. The maximum Gasteiger partial charge on any atom is 0.261 e. The number of rotatable bonds is 9. The van der Waals surface area contributed by atoms with Gasteiger partial charge in [-0.1, -0.05) is 36.8 Å². The molecule has 1 N–H and O–H groups in total.